The number of nitrogens with two attached hydrogens (primary N) is 1. The van der Waals surface area contributed by atoms with Gasteiger partial charge in [0.05, 0.1) is 27.5 Å². The van der Waals surface area contributed by atoms with Crippen molar-refractivity contribution in [2.45, 2.75) is 0 Å². The predicted molar refractivity (Wildman–Crippen MR) is 104 cm³/mol. The van der Waals surface area contributed by atoms with Crippen molar-refractivity contribution in [2.24, 2.45) is 0 Å². The average Bonchev–Trinajstić information content (AvgIpc) is 2.66. The van der Waals surface area contributed by atoms with E-state index in [-0.39, 0.29) is 28.4 Å². The van der Waals surface area contributed by atoms with Gasteiger partial charge in [-0.25, -0.2) is 0 Å². The number of nitrogen functional groups attached to an aromatic ring is 1. The summed E-state index contributed by atoms with van der Waals surface area (Å²) in [7, 11) is 0. The number of carbonyl (C=O) groups excluding carboxylic acids is 2. The van der Waals surface area contributed by atoms with E-state index in [1.165, 1.54) is 4.42 Å². The van der Waals surface area contributed by atoms with Crippen molar-refractivity contribution in [2.75, 3.05) is 10.2 Å². The summed E-state index contributed by atoms with van der Waals surface area (Å²) in [5, 5.41) is 0.420. The molecule has 0 spiro atoms. The van der Waals surface area contributed by atoms with Crippen molar-refractivity contribution in [3.8, 4) is 0 Å². The molecule has 3 aromatic rings. The molecule has 4 rings (SSSR count). The maximum absolute atomic E-state index is 13.1. The van der Waals surface area contributed by atoms with Gasteiger partial charge in [0.25, 0.3) is 0 Å². The number of para-hydroxylation sites is 1. The molecule has 3 aromatic carbocycles. The molecule has 0 saturated carbocycles. The number of ketones is 2. The minimum absolute atomic E-state index is 0.170. The second kappa shape index (κ2) is 6.16. The number of hydrogen-bond donors (Lipinski definition) is 1. The van der Waals surface area contributed by atoms with Crippen molar-refractivity contribution in [3.63, 3.8) is 0 Å². The van der Waals surface area contributed by atoms with Gasteiger partial charge < -0.3 is 5.73 Å². The molecule has 0 aliphatic heterocycles. The molecule has 1 aliphatic carbocycles. The Morgan fingerprint density at radius 1 is 0.731 bits per heavy atom. The molecular formula is C20H12Cl2N2O2. The Bertz CT molecular complexity index is 1080. The molecule has 2 N–H and O–H groups in total. The van der Waals surface area contributed by atoms with E-state index in [0.29, 0.717) is 27.5 Å². The van der Waals surface area contributed by atoms with E-state index >= 15 is 0 Å². The summed E-state index contributed by atoms with van der Waals surface area (Å²) in [6.07, 6.45) is 0. The van der Waals surface area contributed by atoms with Crippen LogP contribution in [0, 0.1) is 0 Å². The monoisotopic (exact) mass is 382 g/mol. The van der Waals surface area contributed by atoms with Crippen LogP contribution in [-0.4, -0.2) is 11.6 Å². The van der Waals surface area contributed by atoms with Crippen LogP contribution in [0.4, 0.5) is 17.1 Å². The van der Waals surface area contributed by atoms with Crippen molar-refractivity contribution in [1.29, 1.82) is 0 Å². The summed E-state index contributed by atoms with van der Waals surface area (Å²) in [5.74, 6) is -0.589. The van der Waals surface area contributed by atoms with Gasteiger partial charge >= 0.3 is 0 Å². The van der Waals surface area contributed by atoms with Crippen LogP contribution in [0.15, 0.2) is 60.7 Å². The smallest absolute Gasteiger partial charge is 0.196 e. The lowest BCUT2D eigenvalue weighted by Crippen LogP contribution is -2.24. The van der Waals surface area contributed by atoms with E-state index in [0.717, 1.165) is 0 Å². The molecule has 128 valence electrons. The second-order valence-electron chi connectivity index (χ2n) is 5.86. The molecule has 0 radical (unpaired) electrons. The molecular weight excluding hydrogens is 371 g/mol. The number of carbonyl (C=O) groups is 2. The quantitative estimate of drug-likeness (QED) is 0.391. The topological polar surface area (TPSA) is 63.4 Å². The molecule has 0 atom stereocenters. The number of anilines is 3. The number of halogens is 2. The third-order valence-corrected chi connectivity index (χ3v) is 5.05. The first-order valence-electron chi connectivity index (χ1n) is 7.82. The van der Waals surface area contributed by atoms with Crippen LogP contribution in [-0.2, 0) is 0 Å². The van der Waals surface area contributed by atoms with Gasteiger partial charge in [0.1, 0.15) is 0 Å². The number of rotatable bonds is 2. The van der Waals surface area contributed by atoms with E-state index < -0.39 is 0 Å². The zero-order chi connectivity index (χ0) is 18.4. The van der Waals surface area contributed by atoms with Crippen molar-refractivity contribution < 1.29 is 9.59 Å². The molecule has 0 amide bonds. The third-order valence-electron chi connectivity index (χ3n) is 4.36. The van der Waals surface area contributed by atoms with Crippen molar-refractivity contribution in [3.05, 3.63) is 87.9 Å². The Balaban J connectivity index is 1.97. The van der Waals surface area contributed by atoms with Crippen molar-refractivity contribution in [1.82, 2.24) is 0 Å². The lowest BCUT2D eigenvalue weighted by molar-refractivity contribution is 0.0980. The summed E-state index contributed by atoms with van der Waals surface area (Å²) in [6, 6.07) is 16.8. The molecule has 0 heterocycles. The summed E-state index contributed by atoms with van der Waals surface area (Å²) in [6.45, 7) is 0. The third kappa shape index (κ3) is 2.38. The largest absolute Gasteiger partial charge is 0.398 e. The fourth-order valence-corrected chi connectivity index (χ4v) is 3.69. The maximum Gasteiger partial charge on any atom is 0.196 e. The molecule has 1 aliphatic rings. The Morgan fingerprint density at radius 3 is 1.96 bits per heavy atom. The molecule has 4 nitrogen and oxygen atoms in total. The Morgan fingerprint density at radius 2 is 1.31 bits per heavy atom. The van der Waals surface area contributed by atoms with Gasteiger partial charge in [-0.3, -0.25) is 14.0 Å². The lowest BCUT2D eigenvalue weighted by Gasteiger charge is -2.25. The van der Waals surface area contributed by atoms with Gasteiger partial charge in [0.2, 0.25) is 0 Å². The van der Waals surface area contributed by atoms with Gasteiger partial charge in [0.15, 0.2) is 11.6 Å². The Hall–Kier alpha value is -2.82. The highest BCUT2D eigenvalue weighted by Crippen LogP contribution is 2.41. The zero-order valence-electron chi connectivity index (χ0n) is 13.4. The Labute approximate surface area is 159 Å². The predicted octanol–water partition coefficient (Wildman–Crippen LogP) is 4.99. The minimum atomic E-state index is -0.296. The minimum Gasteiger partial charge on any atom is -0.398 e. The SMILES string of the molecule is Nc1ccc(N(Cl)c2ccccc2Cl)c2c1C(=O)c1ccccc1C2=O. The first kappa shape index (κ1) is 16.6. The first-order chi connectivity index (χ1) is 12.5. The number of nitrogens with zero attached hydrogens (tertiary/aromatic N) is 1. The molecule has 0 unspecified atom stereocenters. The number of fused-ring (bicyclic) bond motifs is 2. The van der Waals surface area contributed by atoms with Crippen LogP contribution >= 0.6 is 23.4 Å². The standard InChI is InChI=1S/C20H12Cl2N2O2/c21-13-7-3-4-8-15(13)24(22)16-10-9-14(23)17-18(16)20(26)12-6-2-1-5-11(12)19(17)25/h1-10H,23H2. The summed E-state index contributed by atoms with van der Waals surface area (Å²) in [4.78, 5) is 26.1. The molecule has 6 heteroatoms. The van der Waals surface area contributed by atoms with E-state index in [2.05, 4.69) is 0 Å². The highest BCUT2D eigenvalue weighted by molar-refractivity contribution is 6.39. The summed E-state index contributed by atoms with van der Waals surface area (Å²) >= 11 is 12.7. The van der Waals surface area contributed by atoms with E-state index in [1.54, 1.807) is 60.7 Å². The fraction of sp³-hybridized carbons (Fsp3) is 0. The van der Waals surface area contributed by atoms with Gasteiger partial charge in [-0.2, -0.15) is 0 Å². The van der Waals surface area contributed by atoms with Crippen LogP contribution in [0.25, 0.3) is 0 Å². The van der Waals surface area contributed by atoms with Crippen LogP contribution < -0.4 is 10.2 Å². The Kier molecular flexibility index (Phi) is 3.94. The van der Waals surface area contributed by atoms with E-state index in [1.807, 2.05) is 0 Å². The molecule has 0 aromatic heterocycles. The van der Waals surface area contributed by atoms with Gasteiger partial charge in [-0.05, 0) is 24.3 Å². The molecule has 0 bridgehead atoms. The van der Waals surface area contributed by atoms with Crippen molar-refractivity contribution >= 4 is 52.0 Å². The zero-order valence-corrected chi connectivity index (χ0v) is 14.9. The van der Waals surface area contributed by atoms with Crippen LogP contribution in [0.3, 0.4) is 0 Å². The lowest BCUT2D eigenvalue weighted by atomic mass is 9.82. The highest BCUT2D eigenvalue weighted by atomic mass is 35.5. The van der Waals surface area contributed by atoms with E-state index in [4.69, 9.17) is 29.1 Å². The van der Waals surface area contributed by atoms with Gasteiger partial charge in [0, 0.05) is 28.6 Å². The summed E-state index contributed by atoms with van der Waals surface area (Å²) < 4.78 is 1.28. The second-order valence-corrected chi connectivity index (χ2v) is 6.61. The maximum atomic E-state index is 13.1. The molecule has 0 fully saturated rings. The molecule has 0 saturated heterocycles. The van der Waals surface area contributed by atoms with Gasteiger partial charge in [-0.1, -0.05) is 48.0 Å². The number of hydrogen-bond acceptors (Lipinski definition) is 4. The van der Waals surface area contributed by atoms with Crippen LogP contribution in [0.1, 0.15) is 31.8 Å². The number of benzene rings is 3. The first-order valence-corrected chi connectivity index (χ1v) is 8.53. The average molecular weight is 383 g/mol. The normalized spacial score (nSPS) is 12.5. The fourth-order valence-electron chi connectivity index (χ4n) is 3.14. The van der Waals surface area contributed by atoms with E-state index in [9.17, 15) is 9.59 Å². The van der Waals surface area contributed by atoms with Crippen LogP contribution in [0.5, 0.6) is 0 Å². The van der Waals surface area contributed by atoms with Gasteiger partial charge in [-0.15, -0.1) is 0 Å². The van der Waals surface area contributed by atoms with Crippen LogP contribution in [0.2, 0.25) is 5.02 Å². The summed E-state index contributed by atoms with van der Waals surface area (Å²) in [5.41, 5.74) is 8.15. The highest BCUT2D eigenvalue weighted by Gasteiger charge is 2.34. The molecule has 26 heavy (non-hydrogen) atoms.